The molecule has 2 aliphatic rings. The van der Waals surface area contributed by atoms with Gasteiger partial charge in [0.2, 0.25) is 0 Å². The smallest absolute Gasteiger partial charge is 0.354 e. The lowest BCUT2D eigenvalue weighted by Gasteiger charge is -2.42. The second kappa shape index (κ2) is 13.6. The molecule has 0 unspecified atom stereocenters. The summed E-state index contributed by atoms with van der Waals surface area (Å²) in [5.74, 6) is -2.03. The van der Waals surface area contributed by atoms with Crippen LogP contribution >= 0.6 is 0 Å². The van der Waals surface area contributed by atoms with Gasteiger partial charge in [-0.05, 0) is 129 Å². The molecule has 0 spiro atoms. The monoisotopic (exact) mass is 698 g/mol. The largest absolute Gasteiger partial charge is 0.477 e. The minimum atomic E-state index is -1.02. The number of carboxylic acids is 2. The number of hydrogen-bond donors (Lipinski definition) is 2. The van der Waals surface area contributed by atoms with Crippen LogP contribution in [0.2, 0.25) is 0 Å². The molecule has 0 fully saturated rings. The van der Waals surface area contributed by atoms with Crippen LogP contribution in [0.25, 0.3) is 11.1 Å². The molecule has 2 aliphatic carbocycles. The van der Waals surface area contributed by atoms with Crippen LogP contribution in [0.1, 0.15) is 158 Å². The Morgan fingerprint density at radius 2 is 0.827 bits per heavy atom. The number of aromatic carboxylic acids is 2. The highest BCUT2D eigenvalue weighted by Crippen LogP contribution is 2.48. The fourth-order valence-electron chi connectivity index (χ4n) is 7.80. The maximum Gasteiger partial charge on any atom is 0.354 e. The third-order valence-electron chi connectivity index (χ3n) is 11.7. The van der Waals surface area contributed by atoms with Gasteiger partial charge in [-0.3, -0.25) is 0 Å². The average Bonchev–Trinajstić information content (AvgIpc) is 3.08. The van der Waals surface area contributed by atoms with Gasteiger partial charge >= 0.3 is 11.9 Å². The van der Waals surface area contributed by atoms with Crippen LogP contribution in [-0.2, 0) is 21.7 Å². The summed E-state index contributed by atoms with van der Waals surface area (Å²) in [6.07, 6.45) is 7.90. The van der Waals surface area contributed by atoms with Gasteiger partial charge in [-0.2, -0.15) is 0 Å². The van der Waals surface area contributed by atoms with Crippen molar-refractivity contribution < 1.29 is 19.8 Å². The van der Waals surface area contributed by atoms with Gasteiger partial charge in [-0.25, -0.2) is 19.6 Å². The Balaban J connectivity index is 0.000000201. The molecule has 0 atom stereocenters. The van der Waals surface area contributed by atoms with E-state index in [1.165, 1.54) is 58.4 Å². The van der Waals surface area contributed by atoms with Crippen LogP contribution < -0.4 is 0 Å². The maximum atomic E-state index is 11.0. The van der Waals surface area contributed by atoms with Crippen molar-refractivity contribution in [1.82, 2.24) is 9.97 Å². The van der Waals surface area contributed by atoms with Crippen molar-refractivity contribution >= 4 is 23.1 Å². The van der Waals surface area contributed by atoms with Gasteiger partial charge in [0.1, 0.15) is 11.4 Å². The number of hydrogen-bond acceptors (Lipinski definition) is 4. The standard InChI is InChI=1S/2C23H27NO2/c2*1-14-11-18-19(23(5,6)10-9-22(18,3)4)12-17(14)15(2)16-7-8-20(21(25)26)24-13-16/h2*7-8,11-13H,2,9-10H2,1,3-6H3,(H,25,26). The second-order valence-corrected chi connectivity index (χ2v) is 17.4. The summed E-state index contributed by atoms with van der Waals surface area (Å²) in [5.41, 5.74) is 14.5. The Labute approximate surface area is 309 Å². The zero-order chi connectivity index (χ0) is 38.6. The minimum Gasteiger partial charge on any atom is -0.477 e. The number of aryl methyl sites for hydroxylation is 2. The molecule has 6 nitrogen and oxygen atoms in total. The number of rotatable bonds is 6. The summed E-state index contributed by atoms with van der Waals surface area (Å²) in [4.78, 5) is 30.1. The third-order valence-corrected chi connectivity index (χ3v) is 11.7. The molecule has 2 N–H and O–H groups in total. The third kappa shape index (κ3) is 7.39. The molecule has 0 saturated heterocycles. The van der Waals surface area contributed by atoms with E-state index in [9.17, 15) is 9.59 Å². The predicted molar refractivity (Wildman–Crippen MR) is 212 cm³/mol. The van der Waals surface area contributed by atoms with Crippen molar-refractivity contribution in [3.05, 3.63) is 141 Å². The molecular weight excluding hydrogens is 645 g/mol. The van der Waals surface area contributed by atoms with Gasteiger partial charge < -0.3 is 10.2 Å². The first kappa shape index (κ1) is 38.4. The number of pyridine rings is 2. The van der Waals surface area contributed by atoms with Gasteiger partial charge in [0, 0.05) is 23.5 Å². The van der Waals surface area contributed by atoms with Gasteiger partial charge in [0.15, 0.2) is 0 Å². The molecule has 0 aliphatic heterocycles. The Kier molecular flexibility index (Phi) is 10.1. The van der Waals surface area contributed by atoms with E-state index in [0.29, 0.717) is 0 Å². The zero-order valence-corrected chi connectivity index (χ0v) is 32.6. The van der Waals surface area contributed by atoms with E-state index >= 15 is 0 Å². The molecule has 6 heteroatoms. The van der Waals surface area contributed by atoms with Crippen LogP contribution in [0.5, 0.6) is 0 Å². The van der Waals surface area contributed by atoms with E-state index in [2.05, 4.69) is 117 Å². The SMILES string of the molecule is C=C(c1ccc(C(=O)O)nc1)c1cc2c(cc1C)C(C)(C)CCC2(C)C.C=C(c1ccc(C(=O)O)nc1)c1cc2c(cc1C)C(C)(C)CCC2(C)C. The molecule has 2 heterocycles. The fraction of sp³-hybridized carbons (Fsp3) is 0.391. The zero-order valence-electron chi connectivity index (χ0n) is 32.6. The van der Waals surface area contributed by atoms with Crippen LogP contribution in [0, 0.1) is 13.8 Å². The normalized spacial score (nSPS) is 17.4. The molecule has 0 saturated carbocycles. The summed E-state index contributed by atoms with van der Waals surface area (Å²) in [5, 5.41) is 18.1. The number of aromatic nitrogens is 2. The fourth-order valence-corrected chi connectivity index (χ4v) is 7.80. The van der Waals surface area contributed by atoms with Crippen molar-refractivity contribution in [3.63, 3.8) is 0 Å². The van der Waals surface area contributed by atoms with Crippen molar-refractivity contribution in [2.24, 2.45) is 0 Å². The summed E-state index contributed by atoms with van der Waals surface area (Å²) in [6.45, 7) is 31.3. The molecule has 0 radical (unpaired) electrons. The lowest BCUT2D eigenvalue weighted by molar-refractivity contribution is 0.0680. The lowest BCUT2D eigenvalue weighted by Crippen LogP contribution is -2.34. The number of nitrogens with zero attached hydrogens (tertiary/aromatic N) is 2. The summed E-state index contributed by atoms with van der Waals surface area (Å²) >= 11 is 0. The van der Waals surface area contributed by atoms with E-state index < -0.39 is 11.9 Å². The molecule has 52 heavy (non-hydrogen) atoms. The Morgan fingerprint density at radius 3 is 1.08 bits per heavy atom. The van der Waals surface area contributed by atoms with Crippen molar-refractivity contribution in [2.45, 2.75) is 117 Å². The average molecular weight is 699 g/mol. The molecular formula is C46H54N2O4. The van der Waals surface area contributed by atoms with Gasteiger partial charge in [0.05, 0.1) is 0 Å². The quantitative estimate of drug-likeness (QED) is 0.208. The van der Waals surface area contributed by atoms with Gasteiger partial charge in [0.25, 0.3) is 0 Å². The van der Waals surface area contributed by atoms with Crippen molar-refractivity contribution in [3.8, 4) is 0 Å². The highest BCUT2D eigenvalue weighted by molar-refractivity contribution is 5.87. The van der Waals surface area contributed by atoms with E-state index in [1.54, 1.807) is 24.5 Å². The summed E-state index contributed by atoms with van der Waals surface area (Å²) in [7, 11) is 0. The number of carbonyl (C=O) groups is 2. The van der Waals surface area contributed by atoms with Crippen molar-refractivity contribution in [2.75, 3.05) is 0 Å². The van der Waals surface area contributed by atoms with E-state index in [1.807, 2.05) is 0 Å². The molecule has 2 aromatic heterocycles. The molecule has 4 aromatic rings. The topological polar surface area (TPSA) is 100 Å². The highest BCUT2D eigenvalue weighted by Gasteiger charge is 2.39. The van der Waals surface area contributed by atoms with Crippen LogP contribution in [0.15, 0.2) is 74.1 Å². The Hall–Kier alpha value is -4.84. The second-order valence-electron chi connectivity index (χ2n) is 17.4. The Morgan fingerprint density at radius 1 is 0.538 bits per heavy atom. The summed E-state index contributed by atoms with van der Waals surface area (Å²) < 4.78 is 0. The maximum absolute atomic E-state index is 11.0. The number of fused-ring (bicyclic) bond motifs is 2. The first-order valence-electron chi connectivity index (χ1n) is 18.1. The van der Waals surface area contributed by atoms with Crippen LogP contribution in [0.4, 0.5) is 0 Å². The minimum absolute atomic E-state index is 0.0478. The van der Waals surface area contributed by atoms with Crippen molar-refractivity contribution in [1.29, 1.82) is 0 Å². The molecule has 0 bridgehead atoms. The number of benzene rings is 2. The van der Waals surface area contributed by atoms with E-state index in [4.69, 9.17) is 10.2 Å². The first-order valence-corrected chi connectivity index (χ1v) is 18.1. The Bertz CT molecular complexity index is 1930. The van der Waals surface area contributed by atoms with Crippen LogP contribution in [0.3, 0.4) is 0 Å². The summed E-state index contributed by atoms with van der Waals surface area (Å²) in [6, 6.07) is 15.8. The van der Waals surface area contributed by atoms with Gasteiger partial charge in [-0.1, -0.05) is 105 Å². The first-order chi connectivity index (χ1) is 24.1. The molecule has 272 valence electrons. The van der Waals surface area contributed by atoms with E-state index in [-0.39, 0.29) is 33.0 Å². The lowest BCUT2D eigenvalue weighted by atomic mass is 9.62. The molecule has 6 rings (SSSR count). The predicted octanol–water partition coefficient (Wildman–Crippen LogP) is 11.0. The highest BCUT2D eigenvalue weighted by atomic mass is 16.4. The van der Waals surface area contributed by atoms with Crippen LogP contribution in [-0.4, -0.2) is 32.1 Å². The van der Waals surface area contributed by atoms with E-state index in [0.717, 1.165) is 46.2 Å². The number of carboxylic acid groups (broad SMARTS) is 2. The molecule has 2 aromatic carbocycles. The molecule has 0 amide bonds. The van der Waals surface area contributed by atoms with Gasteiger partial charge in [-0.15, -0.1) is 0 Å².